The molecule has 0 bridgehead atoms. The monoisotopic (exact) mass is 1960 g/mol. The van der Waals surface area contributed by atoms with Crippen LogP contribution in [0.4, 0.5) is 45.5 Å². The summed E-state index contributed by atoms with van der Waals surface area (Å²) >= 11 is 25.2. The molecule has 24 heteroatoms. The van der Waals surface area contributed by atoms with Crippen molar-refractivity contribution in [1.82, 2.24) is 0 Å². The number of rotatable bonds is 24. The number of hydrogen-bond acceptors (Lipinski definition) is 12. The maximum absolute atomic E-state index is 13.0. The summed E-state index contributed by atoms with van der Waals surface area (Å²) in [5.74, 6) is -0.386. The topological polar surface area (TPSA) is 282 Å². The van der Waals surface area contributed by atoms with Gasteiger partial charge in [0.25, 0.3) is 0 Å². The molecule has 8 amide bonds. The fraction of sp³-hybridized carbons (Fsp3) is 0.276. The summed E-state index contributed by atoms with van der Waals surface area (Å²) in [6.45, 7) is 30.1. The number of unbranched alkanes of at least 4 members (excludes halogenated alkanes) is 1. The van der Waals surface area contributed by atoms with Crippen molar-refractivity contribution in [3.63, 3.8) is 0 Å². The summed E-state index contributed by atoms with van der Waals surface area (Å²) in [7, 11) is 0. The van der Waals surface area contributed by atoms with Gasteiger partial charge in [0.15, 0.2) is 0 Å². The number of carbonyl (C=O) groups is 8. The number of fused-ring (bicyclic) bond motifs is 4. The maximum atomic E-state index is 13.0. The van der Waals surface area contributed by atoms with Gasteiger partial charge in [-0.05, 0) is 168 Å². The van der Waals surface area contributed by atoms with Gasteiger partial charge < -0.3 is 42.5 Å². The van der Waals surface area contributed by atoms with Crippen molar-refractivity contribution in [2.24, 2.45) is 31.3 Å². The molecule has 12 aromatic carbocycles. The second-order valence-electron chi connectivity index (χ2n) is 34.1. The Morgan fingerprint density at radius 1 is 0.314 bits per heavy atom. The van der Waals surface area contributed by atoms with E-state index in [1.807, 2.05) is 340 Å². The second kappa shape index (κ2) is 55.7. The standard InChI is InChI=1S/C28H28ClN3O2.2C27H26ClN3O2.C26H24ClN3O2.4C2H6/c1-28(2,3)17-25(33)30-21-12-9-19(10-13-21)26-22-16-20(29)11-14-23(22)32-27(34)24(31-26)15-18-7-5-4-6-8-18;1-17(2)14-25(32)29-21-11-8-19(9-12-21)26-22-16-20(28)10-13-23(22)31-27(33)24(30-26)15-18-6-4-3-5-7-18;1-2-3-9-25(32)29-21-13-10-19(11-14-21)26-22-17-20(28)12-15-23(22)31-27(33)24(30-26)16-18-7-5-4-6-8-18;1-2-6-24(31)28-20-12-9-18(10-13-20)25-21-16-19(27)11-14-22(21)30-26(32)23(29-25)15-17-7-4-3-5-8-17;4*1-2/h4-14,16,24H,15,17H2,1-3H3,(H,30,33)(H,32,34);3-13,16-17,24H,14-15H2,1-2H3,(H,29,32)(H,31,33);4-8,10-15,17,24H,2-3,9,16H2,1H3,(H,29,32)(H,31,33);3-5,7-14,16,23H,2,6,15H2,1H3,(H,28,31)(H,30,32);4*1-2H3. The van der Waals surface area contributed by atoms with Gasteiger partial charge in [-0.3, -0.25) is 58.3 Å². The lowest BCUT2D eigenvalue weighted by Gasteiger charge is -2.17. The highest BCUT2D eigenvalue weighted by molar-refractivity contribution is 6.34. The summed E-state index contributed by atoms with van der Waals surface area (Å²) < 4.78 is 0. The molecule has 20 nitrogen and oxygen atoms in total. The molecule has 12 aromatic rings. The van der Waals surface area contributed by atoms with E-state index in [1.165, 1.54) is 0 Å². The molecule has 4 unspecified atom stereocenters. The third-order valence-corrected chi connectivity index (χ3v) is 22.6. The molecular weight excluding hydrogens is 1830 g/mol. The van der Waals surface area contributed by atoms with Crippen molar-refractivity contribution in [3.8, 4) is 0 Å². The SMILES string of the molecule is CC.CC.CC.CC.CC(C)(C)CC(=O)Nc1ccc(C2=NC(Cc3ccccc3)C(=O)Nc3ccc(Cl)cc32)cc1.CC(C)CC(=O)Nc1ccc(C2=NC(Cc3ccccc3)C(=O)Nc3ccc(Cl)cc32)cc1.CCCC(=O)Nc1ccc(C2=NC(Cc3ccccc3)C(=O)Nc3ccc(Cl)cc32)cc1.CCCCC(=O)Nc1ccc(C2=NC(Cc3ccccc3)C(=O)Nc3ccc(Cl)cc32)cc1. The first-order valence-electron chi connectivity index (χ1n) is 48.1. The first kappa shape index (κ1) is 110. The van der Waals surface area contributed by atoms with Crippen LogP contribution in [0.2, 0.25) is 20.1 Å². The number of aliphatic imine (C=N–C) groups is 4. The summed E-state index contributed by atoms with van der Waals surface area (Å²) in [5, 5.41) is 26.0. The molecule has 8 N–H and O–H groups in total. The Balaban J connectivity index is 0.000000204. The molecule has 0 saturated carbocycles. The molecule has 0 saturated heterocycles. The third-order valence-electron chi connectivity index (χ3n) is 21.7. The van der Waals surface area contributed by atoms with E-state index in [0.29, 0.717) is 123 Å². The van der Waals surface area contributed by atoms with Crippen LogP contribution < -0.4 is 42.5 Å². The minimum absolute atomic E-state index is 0.00579. The summed E-state index contributed by atoms with van der Waals surface area (Å²) in [4.78, 5) is 120. The van der Waals surface area contributed by atoms with Crippen LogP contribution in [-0.4, -0.2) is 94.3 Å². The molecule has 16 rings (SSSR count). The average molecular weight is 1960 g/mol. The van der Waals surface area contributed by atoms with Crippen LogP contribution >= 0.6 is 46.4 Å². The second-order valence-corrected chi connectivity index (χ2v) is 35.9. The Kier molecular flexibility index (Phi) is 43.7. The number of carbonyl (C=O) groups excluding carboxylic acids is 8. The number of benzene rings is 12. The van der Waals surface area contributed by atoms with Crippen molar-refractivity contribution in [1.29, 1.82) is 0 Å². The minimum atomic E-state index is -0.588. The van der Waals surface area contributed by atoms with Crippen LogP contribution in [0.5, 0.6) is 0 Å². The van der Waals surface area contributed by atoms with Crippen molar-refractivity contribution in [2.45, 2.75) is 199 Å². The van der Waals surface area contributed by atoms with Crippen LogP contribution in [0, 0.1) is 11.3 Å². The predicted octanol–water partition coefficient (Wildman–Crippen LogP) is 27.3. The van der Waals surface area contributed by atoms with E-state index in [4.69, 9.17) is 66.4 Å². The first-order valence-corrected chi connectivity index (χ1v) is 49.7. The lowest BCUT2D eigenvalue weighted by molar-refractivity contribution is -0.118. The quantitative estimate of drug-likeness (QED) is 0.0287. The molecule has 728 valence electrons. The number of hydrogen-bond donors (Lipinski definition) is 8. The Bertz CT molecular complexity index is 6270. The Morgan fingerprint density at radius 3 is 0.779 bits per heavy atom. The molecule has 4 heterocycles. The highest BCUT2D eigenvalue weighted by atomic mass is 35.5. The van der Waals surface area contributed by atoms with E-state index >= 15 is 0 Å². The number of nitrogens with one attached hydrogen (secondary N) is 8. The molecule has 4 atom stereocenters. The summed E-state index contributed by atoms with van der Waals surface area (Å²) in [6, 6.07) is 88.6. The van der Waals surface area contributed by atoms with Gasteiger partial charge in [-0.1, -0.05) is 327 Å². The molecule has 0 radical (unpaired) electrons. The Morgan fingerprint density at radius 2 is 0.550 bits per heavy atom. The van der Waals surface area contributed by atoms with Gasteiger partial charge in [0, 0.05) is 139 Å². The van der Waals surface area contributed by atoms with E-state index in [2.05, 4.69) is 49.5 Å². The summed E-state index contributed by atoms with van der Waals surface area (Å²) in [5.41, 5.74) is 18.8. The van der Waals surface area contributed by atoms with Gasteiger partial charge in [0.05, 0.1) is 45.6 Å². The number of anilines is 8. The van der Waals surface area contributed by atoms with Crippen molar-refractivity contribution in [3.05, 3.63) is 378 Å². The van der Waals surface area contributed by atoms with Crippen molar-refractivity contribution >= 4 is 162 Å². The van der Waals surface area contributed by atoms with Gasteiger partial charge in [0.1, 0.15) is 24.2 Å². The lowest BCUT2D eigenvalue weighted by atomic mass is 9.92. The van der Waals surface area contributed by atoms with E-state index < -0.39 is 24.2 Å². The van der Waals surface area contributed by atoms with Gasteiger partial charge >= 0.3 is 0 Å². The molecule has 0 aromatic heterocycles. The molecule has 4 aliphatic heterocycles. The Hall–Kier alpha value is -13.8. The first-order chi connectivity index (χ1) is 67.6. The van der Waals surface area contributed by atoms with Crippen LogP contribution in [0.15, 0.2) is 311 Å². The van der Waals surface area contributed by atoms with Crippen LogP contribution in [0.1, 0.15) is 216 Å². The van der Waals surface area contributed by atoms with Gasteiger partial charge in [0.2, 0.25) is 47.3 Å². The number of halogens is 4. The molecule has 0 fully saturated rings. The number of nitrogens with zero attached hydrogens (tertiary/aromatic N) is 4. The Labute approximate surface area is 845 Å². The van der Waals surface area contributed by atoms with Crippen LogP contribution in [-0.2, 0) is 64.0 Å². The van der Waals surface area contributed by atoms with Crippen LogP contribution in [0.25, 0.3) is 0 Å². The molecule has 0 aliphatic carbocycles. The number of amides is 8. The van der Waals surface area contributed by atoms with Gasteiger partial charge in [-0.15, -0.1) is 0 Å². The van der Waals surface area contributed by atoms with Crippen LogP contribution in [0.3, 0.4) is 0 Å². The zero-order valence-electron chi connectivity index (χ0n) is 82.4. The molecular formula is C116H128Cl4N12O8. The molecule has 140 heavy (non-hydrogen) atoms. The van der Waals surface area contributed by atoms with Crippen molar-refractivity contribution < 1.29 is 38.4 Å². The smallest absolute Gasteiger partial charge is 0.249 e. The molecule has 4 aliphatic rings. The zero-order chi connectivity index (χ0) is 101. The highest BCUT2D eigenvalue weighted by Gasteiger charge is 2.32. The van der Waals surface area contributed by atoms with Gasteiger partial charge in [-0.2, -0.15) is 0 Å². The fourth-order valence-electron chi connectivity index (χ4n) is 15.2. The van der Waals surface area contributed by atoms with Crippen molar-refractivity contribution in [2.75, 3.05) is 42.5 Å². The predicted molar refractivity (Wildman–Crippen MR) is 582 cm³/mol. The lowest BCUT2D eigenvalue weighted by Crippen LogP contribution is -2.27. The molecule has 0 spiro atoms. The van der Waals surface area contributed by atoms with E-state index in [9.17, 15) is 38.4 Å². The largest absolute Gasteiger partial charge is 0.326 e. The van der Waals surface area contributed by atoms with E-state index in [0.717, 1.165) is 103 Å². The number of benzodiazepines with no additional fused rings is 4. The summed E-state index contributed by atoms with van der Waals surface area (Å²) in [6.07, 6.45) is 6.47. The third kappa shape index (κ3) is 33.2. The highest BCUT2D eigenvalue weighted by Crippen LogP contribution is 2.36. The van der Waals surface area contributed by atoms with Gasteiger partial charge in [-0.25, -0.2) is 0 Å². The average Bonchev–Trinajstić information content (AvgIpc) is 1.83. The van der Waals surface area contributed by atoms with E-state index in [1.54, 1.807) is 48.5 Å². The minimum Gasteiger partial charge on any atom is -0.326 e. The normalized spacial score (nSPS) is 14.6. The maximum Gasteiger partial charge on any atom is 0.249 e. The van der Waals surface area contributed by atoms with E-state index in [-0.39, 0.29) is 58.6 Å². The fourth-order valence-corrected chi connectivity index (χ4v) is 15.9. The zero-order valence-corrected chi connectivity index (χ0v) is 85.5.